The van der Waals surface area contributed by atoms with E-state index in [9.17, 15) is 4.79 Å². The van der Waals surface area contributed by atoms with Gasteiger partial charge >= 0.3 is 0 Å². The van der Waals surface area contributed by atoms with Crippen LogP contribution in [0.2, 0.25) is 0 Å². The summed E-state index contributed by atoms with van der Waals surface area (Å²) in [6.07, 6.45) is 5.60. The molecule has 0 heterocycles. The predicted octanol–water partition coefficient (Wildman–Crippen LogP) is 2.54. The van der Waals surface area contributed by atoms with Crippen molar-refractivity contribution in [2.45, 2.75) is 46.0 Å². The van der Waals surface area contributed by atoms with Crippen LogP contribution in [-0.4, -0.2) is 5.78 Å². The van der Waals surface area contributed by atoms with Crippen LogP contribution in [-0.2, 0) is 24.3 Å². The second-order valence-electron chi connectivity index (χ2n) is 2.51. The summed E-state index contributed by atoms with van der Waals surface area (Å²) in [4.78, 5) is 10.4. The average molecular weight is 194 g/mol. The number of hydrogen-bond acceptors (Lipinski definition) is 1. The zero-order valence-corrected chi connectivity index (χ0v) is 10.1. The first-order valence-electron chi connectivity index (χ1n) is 3.76. The number of hydrogen-bond donors (Lipinski definition) is 0. The maximum Gasteiger partial charge on any atom is 0.129 e. The fraction of sp³-hybridized carbons (Fsp3) is 0.875. The minimum Gasteiger partial charge on any atom is -0.300 e. The molecular formula is C8H16OZn. The number of carbonyl (C=O) groups is 1. The average Bonchev–Trinajstić information content (AvgIpc) is 1.80. The summed E-state index contributed by atoms with van der Waals surface area (Å²) in [6, 6.07) is 0. The Kier molecular flexibility index (Phi) is 12.0. The minimum atomic E-state index is 0. The van der Waals surface area contributed by atoms with Crippen molar-refractivity contribution in [1.82, 2.24) is 0 Å². The SMILES string of the molecule is CCCCCCC(C)=O.[Zn]. The molecule has 0 atom stereocenters. The molecule has 10 heavy (non-hydrogen) atoms. The Hall–Kier alpha value is 0.293. The molecule has 0 N–H and O–H groups in total. The molecule has 0 amide bonds. The van der Waals surface area contributed by atoms with Crippen LogP contribution in [0.5, 0.6) is 0 Å². The van der Waals surface area contributed by atoms with E-state index < -0.39 is 0 Å². The van der Waals surface area contributed by atoms with Gasteiger partial charge in [-0.05, 0) is 13.3 Å². The van der Waals surface area contributed by atoms with E-state index in [4.69, 9.17) is 0 Å². The maximum absolute atomic E-state index is 10.4. The van der Waals surface area contributed by atoms with E-state index in [0.717, 1.165) is 12.8 Å². The van der Waals surface area contributed by atoms with Crippen LogP contribution < -0.4 is 0 Å². The van der Waals surface area contributed by atoms with Crippen LogP contribution in [0.1, 0.15) is 46.0 Å². The summed E-state index contributed by atoms with van der Waals surface area (Å²) in [7, 11) is 0. The molecule has 0 radical (unpaired) electrons. The third kappa shape index (κ3) is 11.1. The minimum absolute atomic E-state index is 0. The fourth-order valence-corrected chi connectivity index (χ4v) is 0.801. The van der Waals surface area contributed by atoms with Gasteiger partial charge in [0.15, 0.2) is 0 Å². The van der Waals surface area contributed by atoms with Crippen molar-refractivity contribution in [1.29, 1.82) is 0 Å². The smallest absolute Gasteiger partial charge is 0.129 e. The first-order chi connectivity index (χ1) is 4.27. The van der Waals surface area contributed by atoms with E-state index in [1.165, 1.54) is 19.3 Å². The zero-order chi connectivity index (χ0) is 7.11. The van der Waals surface area contributed by atoms with E-state index in [1.54, 1.807) is 6.92 Å². The first kappa shape index (κ1) is 12.9. The van der Waals surface area contributed by atoms with E-state index in [2.05, 4.69) is 6.92 Å². The molecule has 0 aliphatic carbocycles. The molecule has 0 aromatic rings. The van der Waals surface area contributed by atoms with Crippen LogP contribution in [0.4, 0.5) is 0 Å². The van der Waals surface area contributed by atoms with Gasteiger partial charge in [0, 0.05) is 25.9 Å². The summed E-state index contributed by atoms with van der Waals surface area (Å²) in [5.41, 5.74) is 0. The van der Waals surface area contributed by atoms with E-state index in [-0.39, 0.29) is 19.5 Å². The topological polar surface area (TPSA) is 17.1 Å². The predicted molar refractivity (Wildman–Crippen MR) is 39.4 cm³/mol. The van der Waals surface area contributed by atoms with Gasteiger partial charge in [-0.25, -0.2) is 0 Å². The molecule has 0 aromatic carbocycles. The van der Waals surface area contributed by atoms with Crippen LogP contribution in [0.3, 0.4) is 0 Å². The van der Waals surface area contributed by atoms with E-state index >= 15 is 0 Å². The molecule has 0 fully saturated rings. The van der Waals surface area contributed by atoms with Crippen molar-refractivity contribution in [2.75, 3.05) is 0 Å². The van der Waals surface area contributed by atoms with Crippen molar-refractivity contribution in [3.05, 3.63) is 0 Å². The van der Waals surface area contributed by atoms with Gasteiger partial charge in [-0.1, -0.05) is 26.2 Å². The normalized spacial score (nSPS) is 8.60. The Morgan fingerprint density at radius 2 is 1.80 bits per heavy atom. The van der Waals surface area contributed by atoms with Crippen molar-refractivity contribution in [3.63, 3.8) is 0 Å². The first-order valence-corrected chi connectivity index (χ1v) is 3.76. The molecule has 0 aliphatic rings. The molecule has 1 nitrogen and oxygen atoms in total. The van der Waals surface area contributed by atoms with Gasteiger partial charge < -0.3 is 4.79 Å². The molecule has 56 valence electrons. The van der Waals surface area contributed by atoms with Gasteiger partial charge in [0.2, 0.25) is 0 Å². The van der Waals surface area contributed by atoms with Crippen molar-refractivity contribution in [3.8, 4) is 0 Å². The van der Waals surface area contributed by atoms with Gasteiger partial charge in [0.1, 0.15) is 5.78 Å². The molecule has 0 saturated carbocycles. The molecule has 0 spiro atoms. The summed E-state index contributed by atoms with van der Waals surface area (Å²) in [5.74, 6) is 0.325. The van der Waals surface area contributed by atoms with Crippen LogP contribution in [0.25, 0.3) is 0 Å². The van der Waals surface area contributed by atoms with Gasteiger partial charge in [0.05, 0.1) is 0 Å². The van der Waals surface area contributed by atoms with Crippen molar-refractivity contribution < 1.29 is 24.3 Å². The molecule has 0 unspecified atom stereocenters. The van der Waals surface area contributed by atoms with Crippen molar-refractivity contribution >= 4 is 5.78 Å². The maximum atomic E-state index is 10.4. The number of Topliss-reactive ketones (excluding diaryl/α,β-unsaturated/α-hetero) is 1. The van der Waals surface area contributed by atoms with E-state index in [0.29, 0.717) is 5.78 Å². The summed E-state index contributed by atoms with van der Waals surface area (Å²) < 4.78 is 0. The molecule has 0 aromatic heterocycles. The van der Waals surface area contributed by atoms with Crippen LogP contribution >= 0.6 is 0 Å². The molecule has 0 bridgehead atoms. The quantitative estimate of drug-likeness (QED) is 0.485. The van der Waals surface area contributed by atoms with Crippen LogP contribution in [0, 0.1) is 0 Å². The van der Waals surface area contributed by atoms with Crippen molar-refractivity contribution in [2.24, 2.45) is 0 Å². The molecule has 0 aliphatic heterocycles. The number of carbonyl (C=O) groups excluding carboxylic acids is 1. The number of unbranched alkanes of at least 4 members (excludes halogenated alkanes) is 3. The second kappa shape index (κ2) is 9.29. The Balaban J connectivity index is 0. The summed E-state index contributed by atoms with van der Waals surface area (Å²) >= 11 is 0. The Bertz CT molecular complexity index is 81.3. The Labute approximate surface area is 76.3 Å². The summed E-state index contributed by atoms with van der Waals surface area (Å²) in [6.45, 7) is 3.83. The fourth-order valence-electron chi connectivity index (χ4n) is 0.801. The second-order valence-corrected chi connectivity index (χ2v) is 2.51. The van der Waals surface area contributed by atoms with Crippen LogP contribution in [0.15, 0.2) is 0 Å². The Morgan fingerprint density at radius 1 is 1.20 bits per heavy atom. The molecule has 0 saturated heterocycles. The Morgan fingerprint density at radius 3 is 2.20 bits per heavy atom. The third-order valence-corrected chi connectivity index (χ3v) is 1.38. The van der Waals surface area contributed by atoms with Gasteiger partial charge in [0.25, 0.3) is 0 Å². The standard InChI is InChI=1S/C8H16O.Zn/c1-3-4-5-6-7-8(2)9;/h3-7H2,1-2H3;. The molecular weight excluding hydrogens is 177 g/mol. The van der Waals surface area contributed by atoms with Gasteiger partial charge in [-0.2, -0.15) is 0 Å². The van der Waals surface area contributed by atoms with Gasteiger partial charge in [-0.15, -0.1) is 0 Å². The summed E-state index contributed by atoms with van der Waals surface area (Å²) in [5, 5.41) is 0. The zero-order valence-electron chi connectivity index (χ0n) is 7.15. The number of ketones is 1. The monoisotopic (exact) mass is 192 g/mol. The third-order valence-electron chi connectivity index (χ3n) is 1.38. The van der Waals surface area contributed by atoms with E-state index in [1.807, 2.05) is 0 Å². The number of rotatable bonds is 5. The molecule has 0 rings (SSSR count). The molecule has 2 heteroatoms. The van der Waals surface area contributed by atoms with Gasteiger partial charge in [-0.3, -0.25) is 0 Å². The largest absolute Gasteiger partial charge is 0.300 e.